The van der Waals surface area contributed by atoms with Crippen LogP contribution in [-0.4, -0.2) is 20.7 Å². The molecule has 0 saturated heterocycles. The van der Waals surface area contributed by atoms with E-state index >= 15 is 0 Å². The lowest BCUT2D eigenvalue weighted by molar-refractivity contribution is 0.236. The van der Waals surface area contributed by atoms with Gasteiger partial charge in [-0.3, -0.25) is 4.72 Å². The van der Waals surface area contributed by atoms with Crippen LogP contribution in [0.4, 0.5) is 14.5 Å². The molecule has 19 heavy (non-hydrogen) atoms. The van der Waals surface area contributed by atoms with Crippen LogP contribution in [0.1, 0.15) is 31.9 Å². The summed E-state index contributed by atoms with van der Waals surface area (Å²) in [6.07, 6.45) is 0.926. The van der Waals surface area contributed by atoms with Crippen molar-refractivity contribution in [1.29, 1.82) is 0 Å². The third-order valence-electron chi connectivity index (χ3n) is 2.61. The Hall–Kier alpha value is -1.21. The van der Waals surface area contributed by atoms with Gasteiger partial charge < -0.3 is 5.32 Å². The van der Waals surface area contributed by atoms with Crippen molar-refractivity contribution in [2.24, 2.45) is 0 Å². The maximum absolute atomic E-state index is 12.4. The van der Waals surface area contributed by atoms with Crippen LogP contribution in [0.5, 0.6) is 0 Å². The molecule has 0 radical (unpaired) electrons. The molecule has 4 nitrogen and oxygen atoms in total. The van der Waals surface area contributed by atoms with Crippen LogP contribution in [0.15, 0.2) is 24.3 Å². The summed E-state index contributed by atoms with van der Waals surface area (Å²) in [6, 6.07) is 6.38. The molecule has 1 rings (SSSR count). The molecule has 1 aromatic rings. The molecule has 108 valence electrons. The van der Waals surface area contributed by atoms with Crippen LogP contribution in [0, 0.1) is 0 Å². The lowest BCUT2D eigenvalue weighted by Gasteiger charge is -2.18. The van der Waals surface area contributed by atoms with Gasteiger partial charge in [-0.15, -0.1) is 0 Å². The Labute approximate surface area is 112 Å². The Kier molecular flexibility index (Phi) is 5.68. The van der Waals surface area contributed by atoms with Crippen molar-refractivity contribution in [2.75, 3.05) is 11.3 Å². The molecule has 7 heteroatoms. The molecule has 1 atom stereocenters. The largest absolute Gasteiger partial charge is 0.355 e. The molecule has 0 amide bonds. The van der Waals surface area contributed by atoms with E-state index in [9.17, 15) is 17.2 Å². The fraction of sp³-hybridized carbons (Fsp3) is 0.500. The molecule has 0 aliphatic heterocycles. The van der Waals surface area contributed by atoms with Crippen molar-refractivity contribution in [1.82, 2.24) is 5.32 Å². The van der Waals surface area contributed by atoms with Crippen LogP contribution in [0.2, 0.25) is 0 Å². The standard InChI is InChI=1S/C12H18F2N2O2S/c1-3-8-15-9(2)10-6-4-5-7-11(10)16-19(17,18)12(13)14/h4-7,9,12,15-16H,3,8H2,1-2H3. The highest BCUT2D eigenvalue weighted by atomic mass is 32.2. The maximum atomic E-state index is 12.4. The molecule has 0 spiro atoms. The molecule has 0 heterocycles. The lowest BCUT2D eigenvalue weighted by atomic mass is 10.1. The summed E-state index contributed by atoms with van der Waals surface area (Å²) in [4.78, 5) is 0. The predicted octanol–water partition coefficient (Wildman–Crippen LogP) is 2.71. The van der Waals surface area contributed by atoms with Gasteiger partial charge in [0.05, 0.1) is 5.69 Å². The average Bonchev–Trinajstić information content (AvgIpc) is 2.36. The number of sulfonamides is 1. The molecule has 0 aromatic heterocycles. The summed E-state index contributed by atoms with van der Waals surface area (Å²) in [6.45, 7) is 4.62. The van der Waals surface area contributed by atoms with Crippen molar-refractivity contribution < 1.29 is 17.2 Å². The van der Waals surface area contributed by atoms with Crippen molar-refractivity contribution in [3.05, 3.63) is 29.8 Å². The van der Waals surface area contributed by atoms with Crippen molar-refractivity contribution in [3.8, 4) is 0 Å². The summed E-state index contributed by atoms with van der Waals surface area (Å²) in [5.41, 5.74) is 0.819. The summed E-state index contributed by atoms with van der Waals surface area (Å²) >= 11 is 0. The first-order valence-corrected chi connectivity index (χ1v) is 7.55. The lowest BCUT2D eigenvalue weighted by Crippen LogP contribution is -2.24. The van der Waals surface area contributed by atoms with Crippen molar-refractivity contribution >= 4 is 15.7 Å². The summed E-state index contributed by atoms with van der Waals surface area (Å²) < 4.78 is 49.1. The van der Waals surface area contributed by atoms with Gasteiger partial charge in [-0.25, -0.2) is 8.42 Å². The minimum Gasteiger partial charge on any atom is -0.310 e. The van der Waals surface area contributed by atoms with Crippen LogP contribution in [0.25, 0.3) is 0 Å². The molecular weight excluding hydrogens is 274 g/mol. The van der Waals surface area contributed by atoms with E-state index in [1.807, 2.05) is 18.6 Å². The van der Waals surface area contributed by atoms with Gasteiger partial charge in [0.15, 0.2) is 0 Å². The Morgan fingerprint density at radius 3 is 2.47 bits per heavy atom. The van der Waals surface area contributed by atoms with Crippen LogP contribution < -0.4 is 10.0 Å². The number of anilines is 1. The number of hydrogen-bond acceptors (Lipinski definition) is 3. The molecule has 1 unspecified atom stereocenters. The summed E-state index contributed by atoms with van der Waals surface area (Å²) in [5.74, 6) is -3.44. The Bertz CT molecular complexity index is 506. The molecule has 0 saturated carbocycles. The van der Waals surface area contributed by atoms with Crippen LogP contribution in [-0.2, 0) is 10.0 Å². The Morgan fingerprint density at radius 1 is 1.26 bits per heavy atom. The molecule has 0 aliphatic carbocycles. The van der Waals surface area contributed by atoms with Gasteiger partial charge in [-0.2, -0.15) is 8.78 Å². The van der Waals surface area contributed by atoms with E-state index < -0.39 is 15.8 Å². The third kappa shape index (κ3) is 4.43. The first kappa shape index (κ1) is 15.8. The van der Waals surface area contributed by atoms with Gasteiger partial charge in [0, 0.05) is 6.04 Å². The molecule has 0 fully saturated rings. The normalized spacial score (nSPS) is 13.5. The summed E-state index contributed by atoms with van der Waals surface area (Å²) in [7, 11) is -4.64. The highest BCUT2D eigenvalue weighted by Gasteiger charge is 2.25. The van der Waals surface area contributed by atoms with Gasteiger partial charge in [-0.1, -0.05) is 25.1 Å². The third-order valence-corrected chi connectivity index (χ3v) is 3.59. The van der Waals surface area contributed by atoms with E-state index in [-0.39, 0.29) is 11.7 Å². The highest BCUT2D eigenvalue weighted by Crippen LogP contribution is 2.24. The number of rotatable bonds is 7. The zero-order valence-corrected chi connectivity index (χ0v) is 11.7. The number of alkyl halides is 2. The summed E-state index contributed by atoms with van der Waals surface area (Å²) in [5, 5.41) is 3.18. The zero-order chi connectivity index (χ0) is 14.5. The smallest absolute Gasteiger partial charge is 0.310 e. The predicted molar refractivity (Wildman–Crippen MR) is 71.7 cm³/mol. The highest BCUT2D eigenvalue weighted by molar-refractivity contribution is 7.93. The maximum Gasteiger partial charge on any atom is 0.355 e. The second-order valence-electron chi connectivity index (χ2n) is 4.17. The van der Waals surface area contributed by atoms with E-state index in [1.54, 1.807) is 18.2 Å². The monoisotopic (exact) mass is 292 g/mol. The molecule has 2 N–H and O–H groups in total. The number of benzene rings is 1. The van der Waals surface area contributed by atoms with Crippen LogP contribution >= 0.6 is 0 Å². The zero-order valence-electron chi connectivity index (χ0n) is 10.9. The quantitative estimate of drug-likeness (QED) is 0.812. The minimum atomic E-state index is -4.64. The first-order chi connectivity index (χ1) is 8.88. The fourth-order valence-electron chi connectivity index (χ4n) is 1.64. The topological polar surface area (TPSA) is 58.2 Å². The van der Waals surface area contributed by atoms with Gasteiger partial charge >= 0.3 is 5.76 Å². The number of hydrogen-bond donors (Lipinski definition) is 2. The van der Waals surface area contributed by atoms with Gasteiger partial charge in [0.25, 0.3) is 10.0 Å². The van der Waals surface area contributed by atoms with E-state index in [1.165, 1.54) is 6.07 Å². The Morgan fingerprint density at radius 2 is 1.89 bits per heavy atom. The average molecular weight is 292 g/mol. The molecular formula is C12H18F2N2O2S. The first-order valence-electron chi connectivity index (χ1n) is 6.00. The van der Waals surface area contributed by atoms with E-state index in [2.05, 4.69) is 5.32 Å². The van der Waals surface area contributed by atoms with Gasteiger partial charge in [0.1, 0.15) is 0 Å². The molecule has 0 bridgehead atoms. The second-order valence-corrected chi connectivity index (χ2v) is 5.82. The number of halogens is 2. The van der Waals surface area contributed by atoms with E-state index in [0.29, 0.717) is 5.56 Å². The second kappa shape index (κ2) is 6.81. The van der Waals surface area contributed by atoms with Crippen molar-refractivity contribution in [2.45, 2.75) is 32.1 Å². The molecule has 1 aromatic carbocycles. The van der Waals surface area contributed by atoms with Gasteiger partial charge in [-0.05, 0) is 31.5 Å². The van der Waals surface area contributed by atoms with E-state index in [4.69, 9.17) is 0 Å². The SMILES string of the molecule is CCCNC(C)c1ccccc1NS(=O)(=O)C(F)F. The number of nitrogens with one attached hydrogen (secondary N) is 2. The molecule has 0 aliphatic rings. The minimum absolute atomic E-state index is 0.128. The van der Waals surface area contributed by atoms with E-state index in [0.717, 1.165) is 13.0 Å². The Balaban J connectivity index is 2.96. The number of para-hydroxylation sites is 1. The van der Waals surface area contributed by atoms with Crippen LogP contribution in [0.3, 0.4) is 0 Å². The van der Waals surface area contributed by atoms with Crippen molar-refractivity contribution in [3.63, 3.8) is 0 Å². The van der Waals surface area contributed by atoms with Gasteiger partial charge in [0.2, 0.25) is 0 Å². The fourth-order valence-corrected chi connectivity index (χ4v) is 2.22.